The molecular weight excluding hydrogens is 308 g/mol. The van der Waals surface area contributed by atoms with Gasteiger partial charge < -0.3 is 15.0 Å². The summed E-state index contributed by atoms with van der Waals surface area (Å²) in [7, 11) is 0. The van der Waals surface area contributed by atoms with Gasteiger partial charge in [-0.3, -0.25) is 9.59 Å². The first-order valence-electron chi connectivity index (χ1n) is 8.43. The number of hydrogen-bond donors (Lipinski definition) is 2. The number of carbonyl (C=O) groups excluding carboxylic acids is 1. The normalized spacial score (nSPS) is 12.2. The first kappa shape index (κ1) is 19.9. The summed E-state index contributed by atoms with van der Waals surface area (Å²) >= 11 is 0. The molecule has 0 aromatic carbocycles. The van der Waals surface area contributed by atoms with Gasteiger partial charge in [-0.2, -0.15) is 0 Å². The second-order valence-electron chi connectivity index (χ2n) is 6.63. The van der Waals surface area contributed by atoms with Crippen LogP contribution in [0.2, 0.25) is 0 Å². The number of rotatable bonds is 8. The quantitative estimate of drug-likeness (QED) is 0.763. The molecule has 0 bridgehead atoms. The zero-order valence-electron chi connectivity index (χ0n) is 15.2. The second kappa shape index (κ2) is 8.66. The van der Waals surface area contributed by atoms with Crippen LogP contribution in [0.1, 0.15) is 61.6 Å². The zero-order chi connectivity index (χ0) is 18.4. The van der Waals surface area contributed by atoms with Crippen LogP contribution >= 0.6 is 0 Å². The lowest BCUT2D eigenvalue weighted by Crippen LogP contribution is -2.44. The van der Waals surface area contributed by atoms with Gasteiger partial charge in [0.05, 0.1) is 0 Å². The molecule has 0 saturated carbocycles. The smallest absolute Gasteiger partial charge is 0.326 e. The maximum Gasteiger partial charge on any atom is 0.326 e. The molecule has 0 spiro atoms. The third-order valence-electron chi connectivity index (χ3n) is 4.10. The number of aryl methyl sites for hydroxylation is 1. The number of nitrogens with zero attached hydrogens (tertiary/aromatic N) is 1. The molecule has 0 unspecified atom stereocenters. The van der Waals surface area contributed by atoms with Gasteiger partial charge in [0.15, 0.2) is 0 Å². The number of aliphatic carboxylic acids is 1. The van der Waals surface area contributed by atoms with Crippen molar-refractivity contribution in [1.29, 1.82) is 0 Å². The third-order valence-corrected chi connectivity index (χ3v) is 4.10. The van der Waals surface area contributed by atoms with E-state index >= 15 is 0 Å². The van der Waals surface area contributed by atoms with Gasteiger partial charge in [0.25, 0.3) is 11.5 Å². The molecule has 1 atom stereocenters. The van der Waals surface area contributed by atoms with Gasteiger partial charge in [0.1, 0.15) is 11.6 Å². The SMILES string of the molecule is CCCCn1c(C)c(C)cc(C(=O)N[C@H](CC(C)C)C(=O)O)c1=O. The van der Waals surface area contributed by atoms with Gasteiger partial charge in [-0.1, -0.05) is 27.2 Å². The van der Waals surface area contributed by atoms with Crippen LogP contribution in [0, 0.1) is 19.8 Å². The molecule has 0 aliphatic rings. The molecule has 1 aromatic heterocycles. The molecule has 6 heteroatoms. The number of nitrogens with one attached hydrogen (secondary N) is 1. The molecule has 1 aromatic rings. The highest BCUT2D eigenvalue weighted by atomic mass is 16.4. The fraction of sp³-hybridized carbons (Fsp3) is 0.611. The Morgan fingerprint density at radius 3 is 2.42 bits per heavy atom. The summed E-state index contributed by atoms with van der Waals surface area (Å²) in [5, 5.41) is 11.7. The molecule has 0 fully saturated rings. The number of hydrogen-bond acceptors (Lipinski definition) is 3. The Morgan fingerprint density at radius 2 is 1.92 bits per heavy atom. The summed E-state index contributed by atoms with van der Waals surface area (Å²) in [4.78, 5) is 36.4. The van der Waals surface area contributed by atoms with E-state index in [0.717, 1.165) is 24.1 Å². The van der Waals surface area contributed by atoms with Crippen LogP contribution in [0.3, 0.4) is 0 Å². The highest BCUT2D eigenvalue weighted by molar-refractivity contribution is 5.96. The van der Waals surface area contributed by atoms with Crippen LogP contribution in [-0.2, 0) is 11.3 Å². The lowest BCUT2D eigenvalue weighted by molar-refractivity contribution is -0.139. The van der Waals surface area contributed by atoms with Crippen LogP contribution in [0.15, 0.2) is 10.9 Å². The van der Waals surface area contributed by atoms with Crippen LogP contribution in [0.5, 0.6) is 0 Å². The van der Waals surface area contributed by atoms with E-state index in [-0.39, 0.29) is 17.0 Å². The van der Waals surface area contributed by atoms with E-state index in [2.05, 4.69) is 5.32 Å². The van der Waals surface area contributed by atoms with Crippen LogP contribution < -0.4 is 10.9 Å². The lowest BCUT2D eigenvalue weighted by Gasteiger charge is -2.18. The molecule has 0 saturated heterocycles. The van der Waals surface area contributed by atoms with Crippen molar-refractivity contribution in [2.24, 2.45) is 5.92 Å². The molecule has 134 valence electrons. The Balaban J connectivity index is 3.16. The van der Waals surface area contributed by atoms with Crippen molar-refractivity contribution in [2.75, 3.05) is 0 Å². The van der Waals surface area contributed by atoms with Gasteiger partial charge in [-0.25, -0.2) is 4.79 Å². The second-order valence-corrected chi connectivity index (χ2v) is 6.63. The summed E-state index contributed by atoms with van der Waals surface area (Å²) < 4.78 is 1.60. The largest absolute Gasteiger partial charge is 0.480 e. The Kier molecular flexibility index (Phi) is 7.19. The van der Waals surface area contributed by atoms with Gasteiger partial charge in [0.2, 0.25) is 0 Å². The minimum absolute atomic E-state index is 0.00390. The number of carboxylic acids is 1. The first-order valence-corrected chi connectivity index (χ1v) is 8.43. The number of carbonyl (C=O) groups is 2. The van der Waals surface area contributed by atoms with E-state index in [1.165, 1.54) is 0 Å². The highest BCUT2D eigenvalue weighted by Crippen LogP contribution is 2.10. The van der Waals surface area contributed by atoms with E-state index < -0.39 is 17.9 Å². The summed E-state index contributed by atoms with van der Waals surface area (Å²) in [5.74, 6) is -1.60. The molecule has 0 aliphatic heterocycles. The van der Waals surface area contributed by atoms with Crippen molar-refractivity contribution >= 4 is 11.9 Å². The summed E-state index contributed by atoms with van der Waals surface area (Å²) in [6.07, 6.45) is 2.10. The number of aromatic nitrogens is 1. The monoisotopic (exact) mass is 336 g/mol. The van der Waals surface area contributed by atoms with Crippen molar-refractivity contribution in [3.8, 4) is 0 Å². The molecule has 0 radical (unpaired) electrons. The minimum atomic E-state index is -1.09. The van der Waals surface area contributed by atoms with Crippen LogP contribution in [0.4, 0.5) is 0 Å². The number of carboxylic acid groups (broad SMARTS) is 1. The molecule has 2 N–H and O–H groups in total. The van der Waals surface area contributed by atoms with Gasteiger partial charge in [-0.05, 0) is 44.2 Å². The maximum absolute atomic E-state index is 12.6. The van der Waals surface area contributed by atoms with E-state index in [4.69, 9.17) is 0 Å². The molecule has 1 rings (SSSR count). The minimum Gasteiger partial charge on any atom is -0.480 e. The Labute approximate surface area is 142 Å². The lowest BCUT2D eigenvalue weighted by atomic mass is 10.0. The molecule has 1 amide bonds. The average molecular weight is 336 g/mol. The third kappa shape index (κ3) is 4.94. The summed E-state index contributed by atoms with van der Waals surface area (Å²) in [5.41, 5.74) is 1.32. The fourth-order valence-corrected chi connectivity index (χ4v) is 2.57. The van der Waals surface area contributed by atoms with Crippen molar-refractivity contribution in [2.45, 2.75) is 66.5 Å². The average Bonchev–Trinajstić information content (AvgIpc) is 2.49. The van der Waals surface area contributed by atoms with Crippen molar-refractivity contribution in [3.05, 3.63) is 33.2 Å². The van der Waals surface area contributed by atoms with Crippen LogP contribution in [-0.4, -0.2) is 27.6 Å². The molecule has 1 heterocycles. The van der Waals surface area contributed by atoms with Gasteiger partial charge >= 0.3 is 5.97 Å². The van der Waals surface area contributed by atoms with E-state index in [9.17, 15) is 19.5 Å². The summed E-state index contributed by atoms with van der Waals surface area (Å²) in [6, 6.07) is 0.548. The van der Waals surface area contributed by atoms with Crippen LogP contribution in [0.25, 0.3) is 0 Å². The molecule has 0 aliphatic carbocycles. The van der Waals surface area contributed by atoms with Gasteiger partial charge in [-0.15, -0.1) is 0 Å². The predicted octanol–water partition coefficient (Wildman–Crippen LogP) is 2.49. The summed E-state index contributed by atoms with van der Waals surface area (Å²) in [6.45, 7) is 10.1. The standard InChI is InChI=1S/C18H28N2O4/c1-6-7-8-20-13(5)12(4)10-14(17(20)22)16(21)19-15(18(23)24)9-11(2)3/h10-11,15H,6-9H2,1-5H3,(H,19,21)(H,23,24)/t15-/m1/s1. The van der Waals surface area contributed by atoms with E-state index in [1.54, 1.807) is 10.6 Å². The van der Waals surface area contributed by atoms with E-state index in [1.807, 2.05) is 34.6 Å². The Bertz CT molecular complexity index is 662. The van der Waals surface area contributed by atoms with E-state index in [0.29, 0.717) is 13.0 Å². The van der Waals surface area contributed by atoms with Crippen molar-refractivity contribution in [1.82, 2.24) is 9.88 Å². The Hall–Kier alpha value is -2.11. The van der Waals surface area contributed by atoms with Crippen molar-refractivity contribution < 1.29 is 14.7 Å². The Morgan fingerprint density at radius 1 is 1.29 bits per heavy atom. The van der Waals surface area contributed by atoms with Crippen molar-refractivity contribution in [3.63, 3.8) is 0 Å². The number of amides is 1. The fourth-order valence-electron chi connectivity index (χ4n) is 2.57. The molecule has 24 heavy (non-hydrogen) atoms. The molecule has 6 nitrogen and oxygen atoms in total. The zero-order valence-corrected chi connectivity index (χ0v) is 15.2. The predicted molar refractivity (Wildman–Crippen MR) is 93.4 cm³/mol. The topological polar surface area (TPSA) is 88.4 Å². The molecular formula is C18H28N2O4. The maximum atomic E-state index is 12.6. The highest BCUT2D eigenvalue weighted by Gasteiger charge is 2.24. The number of pyridine rings is 1. The van der Waals surface area contributed by atoms with Gasteiger partial charge in [0, 0.05) is 12.2 Å². The first-order chi connectivity index (χ1) is 11.2. The number of unbranched alkanes of at least 4 members (excludes halogenated alkanes) is 1.